The first-order valence-electron chi connectivity index (χ1n) is 5.05. The van der Waals surface area contributed by atoms with Crippen molar-refractivity contribution in [3.8, 4) is 0 Å². The van der Waals surface area contributed by atoms with Crippen LogP contribution in [0, 0.1) is 11.6 Å². The van der Waals surface area contributed by atoms with Crippen molar-refractivity contribution < 1.29 is 8.78 Å². The monoisotopic (exact) mass is 235 g/mol. The van der Waals surface area contributed by atoms with Gasteiger partial charge in [0, 0.05) is 31.1 Å². The van der Waals surface area contributed by atoms with Crippen molar-refractivity contribution in [1.29, 1.82) is 0 Å². The fourth-order valence-corrected chi connectivity index (χ4v) is 1.39. The smallest absolute Gasteiger partial charge is 0.146 e. The van der Waals surface area contributed by atoms with E-state index in [0.29, 0.717) is 11.5 Å². The van der Waals surface area contributed by atoms with Gasteiger partial charge in [-0.15, -0.1) is 0 Å². The van der Waals surface area contributed by atoms with Gasteiger partial charge < -0.3 is 10.6 Å². The molecule has 88 valence electrons. The van der Waals surface area contributed by atoms with Gasteiger partial charge in [0.25, 0.3) is 0 Å². The minimum Gasteiger partial charge on any atom is -0.373 e. The Morgan fingerprint density at radius 1 is 1.12 bits per heavy atom. The lowest BCUT2D eigenvalue weighted by atomic mass is 10.2. The molecule has 0 bridgehead atoms. The van der Waals surface area contributed by atoms with E-state index in [9.17, 15) is 8.78 Å². The van der Waals surface area contributed by atoms with Crippen molar-refractivity contribution in [2.75, 3.05) is 17.7 Å². The number of hydrogen-bond acceptors (Lipinski definition) is 3. The summed E-state index contributed by atoms with van der Waals surface area (Å²) in [7, 11) is 1.73. The lowest BCUT2D eigenvalue weighted by Gasteiger charge is -2.08. The summed E-state index contributed by atoms with van der Waals surface area (Å²) in [6, 6.07) is 6.63. The van der Waals surface area contributed by atoms with Gasteiger partial charge in [-0.25, -0.2) is 13.8 Å². The summed E-state index contributed by atoms with van der Waals surface area (Å²) in [5.74, 6) is -0.349. The SMILES string of the molecule is CNc1cc(Nc2cc(F)ccc2F)ccn1. The number of nitrogens with one attached hydrogen (secondary N) is 2. The molecule has 2 N–H and O–H groups in total. The molecule has 1 heterocycles. The number of hydrogen-bond donors (Lipinski definition) is 2. The third-order valence-electron chi connectivity index (χ3n) is 2.22. The Kier molecular flexibility index (Phi) is 3.18. The van der Waals surface area contributed by atoms with Gasteiger partial charge >= 0.3 is 0 Å². The van der Waals surface area contributed by atoms with E-state index >= 15 is 0 Å². The predicted molar refractivity (Wildman–Crippen MR) is 63.4 cm³/mol. The molecule has 0 aliphatic heterocycles. The van der Waals surface area contributed by atoms with Gasteiger partial charge in [0.1, 0.15) is 17.5 Å². The van der Waals surface area contributed by atoms with E-state index in [-0.39, 0.29) is 5.69 Å². The van der Waals surface area contributed by atoms with Crippen molar-refractivity contribution in [3.05, 3.63) is 48.2 Å². The number of benzene rings is 1. The van der Waals surface area contributed by atoms with Gasteiger partial charge in [-0.2, -0.15) is 0 Å². The van der Waals surface area contributed by atoms with Crippen LogP contribution in [0.15, 0.2) is 36.5 Å². The highest BCUT2D eigenvalue weighted by atomic mass is 19.1. The number of anilines is 3. The molecule has 0 fully saturated rings. The van der Waals surface area contributed by atoms with Crippen LogP contribution in [0.1, 0.15) is 0 Å². The quantitative estimate of drug-likeness (QED) is 0.858. The highest BCUT2D eigenvalue weighted by Gasteiger charge is 2.04. The fourth-order valence-electron chi connectivity index (χ4n) is 1.39. The van der Waals surface area contributed by atoms with Gasteiger partial charge in [-0.1, -0.05) is 0 Å². The van der Waals surface area contributed by atoms with E-state index in [1.165, 1.54) is 0 Å². The van der Waals surface area contributed by atoms with Crippen LogP contribution in [0.4, 0.5) is 26.0 Å². The minimum absolute atomic E-state index is 0.0956. The predicted octanol–water partition coefficient (Wildman–Crippen LogP) is 3.15. The Labute approximate surface area is 97.5 Å². The van der Waals surface area contributed by atoms with Gasteiger partial charge in [-0.05, 0) is 18.2 Å². The first-order chi connectivity index (χ1) is 8.19. The third-order valence-corrected chi connectivity index (χ3v) is 2.22. The van der Waals surface area contributed by atoms with Crippen molar-refractivity contribution >= 4 is 17.2 Å². The minimum atomic E-state index is -0.505. The average Bonchev–Trinajstić information content (AvgIpc) is 2.34. The molecule has 0 aliphatic carbocycles. The lowest BCUT2D eigenvalue weighted by molar-refractivity contribution is 0.603. The maximum atomic E-state index is 13.4. The van der Waals surface area contributed by atoms with E-state index in [4.69, 9.17) is 0 Å². The first kappa shape index (κ1) is 11.3. The third kappa shape index (κ3) is 2.69. The summed E-state index contributed by atoms with van der Waals surface area (Å²) < 4.78 is 26.3. The number of halogens is 2. The molecule has 2 aromatic rings. The van der Waals surface area contributed by atoms with Crippen LogP contribution in [0.2, 0.25) is 0 Å². The average molecular weight is 235 g/mol. The normalized spacial score (nSPS) is 10.1. The Hall–Kier alpha value is -2.17. The maximum absolute atomic E-state index is 13.4. The van der Waals surface area contributed by atoms with E-state index in [0.717, 1.165) is 18.2 Å². The molecule has 3 nitrogen and oxygen atoms in total. The van der Waals surface area contributed by atoms with Crippen LogP contribution in [0.5, 0.6) is 0 Å². The van der Waals surface area contributed by atoms with Crippen molar-refractivity contribution in [2.45, 2.75) is 0 Å². The van der Waals surface area contributed by atoms with Crippen LogP contribution in [-0.2, 0) is 0 Å². The summed E-state index contributed by atoms with van der Waals surface area (Å²) in [5, 5.41) is 5.65. The summed E-state index contributed by atoms with van der Waals surface area (Å²) >= 11 is 0. The topological polar surface area (TPSA) is 37.0 Å². The Morgan fingerprint density at radius 3 is 2.71 bits per heavy atom. The largest absolute Gasteiger partial charge is 0.373 e. The maximum Gasteiger partial charge on any atom is 0.146 e. The molecule has 0 saturated heterocycles. The highest BCUT2D eigenvalue weighted by Crippen LogP contribution is 2.21. The van der Waals surface area contributed by atoms with Gasteiger partial charge in [0.2, 0.25) is 0 Å². The Balaban J connectivity index is 2.27. The summed E-state index contributed by atoms with van der Waals surface area (Å²) in [6.07, 6.45) is 1.57. The van der Waals surface area contributed by atoms with Gasteiger partial charge in [-0.3, -0.25) is 0 Å². The molecule has 0 spiro atoms. The number of aromatic nitrogens is 1. The summed E-state index contributed by atoms with van der Waals surface area (Å²) in [4.78, 5) is 4.02. The molecule has 2 rings (SSSR count). The van der Waals surface area contributed by atoms with Crippen LogP contribution in [0.25, 0.3) is 0 Å². The molecule has 1 aromatic heterocycles. The summed E-state index contributed by atoms with van der Waals surface area (Å²) in [5.41, 5.74) is 0.729. The number of nitrogens with zero attached hydrogens (tertiary/aromatic N) is 1. The molecular weight excluding hydrogens is 224 g/mol. The molecule has 0 radical (unpaired) electrons. The van der Waals surface area contributed by atoms with Gasteiger partial charge in [0.15, 0.2) is 0 Å². The van der Waals surface area contributed by atoms with E-state index in [2.05, 4.69) is 15.6 Å². The number of pyridine rings is 1. The van der Waals surface area contributed by atoms with Crippen LogP contribution in [0.3, 0.4) is 0 Å². The van der Waals surface area contributed by atoms with Crippen LogP contribution < -0.4 is 10.6 Å². The molecule has 0 unspecified atom stereocenters. The molecule has 0 atom stereocenters. The molecule has 0 aliphatic rings. The van der Waals surface area contributed by atoms with E-state index < -0.39 is 11.6 Å². The first-order valence-corrected chi connectivity index (χ1v) is 5.05. The van der Waals surface area contributed by atoms with Crippen molar-refractivity contribution in [2.24, 2.45) is 0 Å². The van der Waals surface area contributed by atoms with Crippen LogP contribution in [-0.4, -0.2) is 12.0 Å². The van der Waals surface area contributed by atoms with Gasteiger partial charge in [0.05, 0.1) is 5.69 Å². The Bertz CT molecular complexity index is 529. The zero-order valence-electron chi connectivity index (χ0n) is 9.17. The molecular formula is C12H11F2N3. The molecule has 1 aromatic carbocycles. The standard InChI is InChI=1S/C12H11F2N3/c1-15-12-7-9(4-5-16-12)17-11-6-8(13)2-3-10(11)14/h2-7H,1H3,(H2,15,16,17). The lowest BCUT2D eigenvalue weighted by Crippen LogP contribution is -1.97. The second-order valence-corrected chi connectivity index (χ2v) is 3.43. The highest BCUT2D eigenvalue weighted by molar-refractivity contribution is 5.62. The Morgan fingerprint density at radius 2 is 1.94 bits per heavy atom. The second kappa shape index (κ2) is 4.78. The zero-order valence-corrected chi connectivity index (χ0v) is 9.17. The van der Waals surface area contributed by atoms with Crippen molar-refractivity contribution in [1.82, 2.24) is 4.98 Å². The van der Waals surface area contributed by atoms with E-state index in [1.807, 2.05) is 0 Å². The molecule has 5 heteroatoms. The van der Waals surface area contributed by atoms with E-state index in [1.54, 1.807) is 25.4 Å². The summed E-state index contributed by atoms with van der Waals surface area (Å²) in [6.45, 7) is 0. The zero-order chi connectivity index (χ0) is 12.3. The van der Waals surface area contributed by atoms with Crippen LogP contribution >= 0.6 is 0 Å². The molecule has 0 saturated carbocycles. The van der Waals surface area contributed by atoms with Crippen molar-refractivity contribution in [3.63, 3.8) is 0 Å². The fraction of sp³-hybridized carbons (Fsp3) is 0.0833. The molecule has 17 heavy (non-hydrogen) atoms. The number of rotatable bonds is 3. The molecule has 0 amide bonds. The second-order valence-electron chi connectivity index (χ2n) is 3.43.